The first kappa shape index (κ1) is 22.4. The summed E-state index contributed by atoms with van der Waals surface area (Å²) in [5.74, 6) is 0.915. The zero-order chi connectivity index (χ0) is 22.8. The maximum absolute atomic E-state index is 11.1. The fourth-order valence-corrected chi connectivity index (χ4v) is 5.83. The zero-order valence-electron chi connectivity index (χ0n) is 19.1. The van der Waals surface area contributed by atoms with Crippen LogP contribution in [0.15, 0.2) is 18.2 Å². The van der Waals surface area contributed by atoms with Gasteiger partial charge in [-0.15, -0.1) is 21.5 Å². The van der Waals surface area contributed by atoms with Gasteiger partial charge in [0.2, 0.25) is 0 Å². The Balaban J connectivity index is 1.36. The van der Waals surface area contributed by atoms with Gasteiger partial charge in [0, 0.05) is 50.3 Å². The summed E-state index contributed by atoms with van der Waals surface area (Å²) in [6, 6.07) is 6.32. The second kappa shape index (κ2) is 9.84. The highest BCUT2D eigenvalue weighted by molar-refractivity contribution is 7.11. The molecule has 2 aliphatic heterocycles. The molecule has 0 bridgehead atoms. The highest BCUT2D eigenvalue weighted by atomic mass is 32.1. The number of aliphatic hydroxyl groups is 1. The van der Waals surface area contributed by atoms with Crippen molar-refractivity contribution >= 4 is 33.7 Å². The predicted molar refractivity (Wildman–Crippen MR) is 128 cm³/mol. The molecule has 9 nitrogen and oxygen atoms in total. The second-order valence-corrected chi connectivity index (χ2v) is 9.82. The number of thiazole rings is 1. The van der Waals surface area contributed by atoms with Crippen LogP contribution in [0.3, 0.4) is 0 Å². The number of rotatable bonds is 6. The van der Waals surface area contributed by atoms with E-state index in [1.54, 1.807) is 18.4 Å². The van der Waals surface area contributed by atoms with Crippen molar-refractivity contribution in [3.63, 3.8) is 0 Å². The summed E-state index contributed by atoms with van der Waals surface area (Å²) in [5.41, 5.74) is 2.91. The van der Waals surface area contributed by atoms with Crippen LogP contribution in [0.2, 0.25) is 0 Å². The molecule has 4 heterocycles. The minimum absolute atomic E-state index is 0.0809. The quantitative estimate of drug-likeness (QED) is 0.583. The van der Waals surface area contributed by atoms with E-state index in [1.165, 1.54) is 0 Å². The molecule has 3 aromatic rings. The fraction of sp³-hybridized carbons (Fsp3) is 0.565. The molecule has 2 fully saturated rings. The van der Waals surface area contributed by atoms with E-state index in [2.05, 4.69) is 48.4 Å². The Morgan fingerprint density at radius 2 is 2.06 bits per heavy atom. The van der Waals surface area contributed by atoms with Gasteiger partial charge in [-0.2, -0.15) is 0 Å². The lowest BCUT2D eigenvalue weighted by atomic mass is 9.92. The predicted octanol–water partition coefficient (Wildman–Crippen LogP) is 2.72. The zero-order valence-corrected chi connectivity index (χ0v) is 19.9. The molecule has 0 radical (unpaired) electrons. The van der Waals surface area contributed by atoms with Gasteiger partial charge in [-0.05, 0) is 43.2 Å². The van der Waals surface area contributed by atoms with Crippen LogP contribution in [0.5, 0.6) is 0 Å². The Labute approximate surface area is 197 Å². The van der Waals surface area contributed by atoms with Crippen molar-refractivity contribution in [1.29, 1.82) is 0 Å². The minimum atomic E-state index is -0.601. The van der Waals surface area contributed by atoms with Crippen molar-refractivity contribution in [3.05, 3.63) is 33.8 Å². The summed E-state index contributed by atoms with van der Waals surface area (Å²) < 4.78 is 10.7. The fourth-order valence-electron chi connectivity index (χ4n) is 4.71. The Bertz CT molecular complexity index is 1100. The first-order valence-electron chi connectivity index (χ1n) is 11.5. The number of morpholine rings is 1. The summed E-state index contributed by atoms with van der Waals surface area (Å²) in [5, 5.41) is 25.7. The summed E-state index contributed by atoms with van der Waals surface area (Å²) in [7, 11) is 1.68. The van der Waals surface area contributed by atoms with E-state index in [-0.39, 0.29) is 5.92 Å². The third-order valence-electron chi connectivity index (χ3n) is 6.53. The number of piperidine rings is 1. The molecule has 0 amide bonds. The minimum Gasteiger partial charge on any atom is -0.386 e. The van der Waals surface area contributed by atoms with Crippen LogP contribution < -0.4 is 9.80 Å². The maximum atomic E-state index is 11.1. The number of aromatic nitrogens is 4. The van der Waals surface area contributed by atoms with Gasteiger partial charge in [0.25, 0.3) is 0 Å². The number of hydrogen-bond acceptors (Lipinski definition) is 10. The van der Waals surface area contributed by atoms with Crippen LogP contribution in [0.25, 0.3) is 10.9 Å². The summed E-state index contributed by atoms with van der Waals surface area (Å²) in [6.07, 6.45) is 1.33. The number of fused-ring (bicyclic) bond motifs is 1. The number of anilines is 2. The lowest BCUT2D eigenvalue weighted by molar-refractivity contribution is 0.0976. The SMILES string of the molecule is COCc1sc([C@@H](O)[C@H]2CCCN(c3nnnc4cc(N5CCOCC5)ccc34)C2)nc1C. The molecule has 176 valence electrons. The van der Waals surface area contributed by atoms with Crippen molar-refractivity contribution in [1.82, 2.24) is 20.4 Å². The summed E-state index contributed by atoms with van der Waals surface area (Å²) in [6.45, 7) is 7.33. The largest absolute Gasteiger partial charge is 0.386 e. The first-order chi connectivity index (χ1) is 16.1. The standard InChI is InChI=1S/C23H30N6O3S/c1-15-20(14-31-2)33-23(24-15)21(30)16-4-3-7-29(13-16)22-18-6-5-17(12-19(18)25-27-26-22)28-8-10-32-11-9-28/h5-6,12,16,21,30H,3-4,7-11,13-14H2,1-2H3/t16-,21-/m0/s1. The monoisotopic (exact) mass is 470 g/mol. The van der Waals surface area contributed by atoms with E-state index in [1.807, 2.05) is 6.92 Å². The van der Waals surface area contributed by atoms with E-state index >= 15 is 0 Å². The molecule has 2 saturated heterocycles. The molecule has 0 unspecified atom stereocenters. The van der Waals surface area contributed by atoms with Crippen molar-refractivity contribution in [2.24, 2.45) is 5.92 Å². The molecular weight excluding hydrogens is 440 g/mol. The molecule has 1 aromatic carbocycles. The average Bonchev–Trinajstić information content (AvgIpc) is 3.23. The molecule has 5 rings (SSSR count). The van der Waals surface area contributed by atoms with Gasteiger partial charge in [-0.1, -0.05) is 0 Å². The van der Waals surface area contributed by atoms with Crippen LogP contribution in [-0.2, 0) is 16.1 Å². The smallest absolute Gasteiger partial charge is 0.162 e. The third-order valence-corrected chi connectivity index (χ3v) is 7.73. The Morgan fingerprint density at radius 3 is 2.88 bits per heavy atom. The number of methoxy groups -OCH3 is 1. The van der Waals surface area contributed by atoms with E-state index in [4.69, 9.17) is 9.47 Å². The number of benzene rings is 1. The maximum Gasteiger partial charge on any atom is 0.162 e. The lowest BCUT2D eigenvalue weighted by Gasteiger charge is -2.35. The molecule has 0 saturated carbocycles. The van der Waals surface area contributed by atoms with Gasteiger partial charge in [0.15, 0.2) is 5.82 Å². The highest BCUT2D eigenvalue weighted by Gasteiger charge is 2.31. The Morgan fingerprint density at radius 1 is 1.21 bits per heavy atom. The lowest BCUT2D eigenvalue weighted by Crippen LogP contribution is -2.38. The molecule has 2 atom stereocenters. The van der Waals surface area contributed by atoms with Crippen LogP contribution in [0.1, 0.15) is 34.5 Å². The summed E-state index contributed by atoms with van der Waals surface area (Å²) in [4.78, 5) is 10.2. The number of aliphatic hydroxyl groups excluding tert-OH is 1. The number of hydrogen-bond donors (Lipinski definition) is 1. The van der Waals surface area contributed by atoms with Crippen molar-refractivity contribution in [2.75, 3.05) is 56.3 Å². The average molecular weight is 471 g/mol. The van der Waals surface area contributed by atoms with Crippen LogP contribution in [-0.4, -0.2) is 72.0 Å². The Hall–Kier alpha value is -2.40. The van der Waals surface area contributed by atoms with Crippen LogP contribution in [0, 0.1) is 12.8 Å². The van der Waals surface area contributed by atoms with E-state index in [0.717, 1.165) is 83.7 Å². The molecule has 0 aliphatic carbocycles. The van der Waals surface area contributed by atoms with Gasteiger partial charge < -0.3 is 24.4 Å². The van der Waals surface area contributed by atoms with Crippen LogP contribution in [0.4, 0.5) is 11.5 Å². The van der Waals surface area contributed by atoms with Crippen molar-refractivity contribution in [3.8, 4) is 0 Å². The summed E-state index contributed by atoms with van der Waals surface area (Å²) >= 11 is 1.54. The van der Waals surface area contributed by atoms with Crippen LogP contribution >= 0.6 is 11.3 Å². The third kappa shape index (κ3) is 4.65. The van der Waals surface area contributed by atoms with E-state index in [0.29, 0.717) is 13.2 Å². The molecule has 1 N–H and O–H groups in total. The topological polar surface area (TPSA) is 96.7 Å². The van der Waals surface area contributed by atoms with E-state index in [9.17, 15) is 5.11 Å². The second-order valence-electron chi connectivity index (χ2n) is 8.70. The van der Waals surface area contributed by atoms with Crippen molar-refractivity contribution < 1.29 is 14.6 Å². The molecule has 2 aromatic heterocycles. The first-order valence-corrected chi connectivity index (χ1v) is 12.3. The van der Waals surface area contributed by atoms with Gasteiger partial charge in [-0.25, -0.2) is 4.98 Å². The van der Waals surface area contributed by atoms with Gasteiger partial charge in [0.1, 0.15) is 16.6 Å². The molecule has 33 heavy (non-hydrogen) atoms. The number of nitrogens with zero attached hydrogens (tertiary/aromatic N) is 6. The Kier molecular flexibility index (Phi) is 6.68. The van der Waals surface area contributed by atoms with Gasteiger partial charge >= 0.3 is 0 Å². The van der Waals surface area contributed by atoms with Gasteiger partial charge in [0.05, 0.1) is 30.4 Å². The normalized spacial score (nSPS) is 20.4. The number of ether oxygens (including phenoxy) is 2. The highest BCUT2D eigenvalue weighted by Crippen LogP contribution is 2.36. The van der Waals surface area contributed by atoms with E-state index < -0.39 is 6.10 Å². The molecular formula is C23H30N6O3S. The molecule has 10 heteroatoms. The van der Waals surface area contributed by atoms with Crippen molar-refractivity contribution in [2.45, 2.75) is 32.5 Å². The molecule has 0 spiro atoms. The molecule has 2 aliphatic rings. The number of aryl methyl sites for hydroxylation is 1. The van der Waals surface area contributed by atoms with Gasteiger partial charge in [-0.3, -0.25) is 0 Å².